The summed E-state index contributed by atoms with van der Waals surface area (Å²) in [5.74, 6) is -3.49. The normalized spacial score (nSPS) is 9.88. The maximum absolute atomic E-state index is 10.9. The molecule has 3 N–H and O–H groups in total. The van der Waals surface area contributed by atoms with Crippen molar-refractivity contribution in [1.29, 1.82) is 0 Å². The van der Waals surface area contributed by atoms with Crippen LogP contribution < -0.4 is 0 Å². The van der Waals surface area contributed by atoms with Crippen LogP contribution in [0.3, 0.4) is 0 Å². The van der Waals surface area contributed by atoms with Crippen molar-refractivity contribution >= 4 is 17.9 Å². The summed E-state index contributed by atoms with van der Waals surface area (Å²) >= 11 is 0. The minimum absolute atomic E-state index is 0.152. The molecule has 0 saturated carbocycles. The zero-order chi connectivity index (χ0) is 13.0. The van der Waals surface area contributed by atoms with Crippen molar-refractivity contribution in [2.75, 3.05) is 0 Å². The lowest BCUT2D eigenvalue weighted by Crippen LogP contribution is -2.09. The van der Waals surface area contributed by atoms with Crippen molar-refractivity contribution in [3.05, 3.63) is 34.9 Å². The van der Waals surface area contributed by atoms with Crippen LogP contribution in [-0.4, -0.2) is 33.2 Å². The van der Waals surface area contributed by atoms with E-state index < -0.39 is 24.3 Å². The summed E-state index contributed by atoms with van der Waals surface area (Å²) in [6.45, 7) is 0. The molecule has 1 aromatic rings. The summed E-state index contributed by atoms with van der Waals surface area (Å²) in [5, 5.41) is 26.1. The molecule has 0 aliphatic heterocycles. The summed E-state index contributed by atoms with van der Waals surface area (Å²) in [4.78, 5) is 31.9. The Bertz CT molecular complexity index is 477. The molecule has 0 amide bonds. The number of carbonyl (C=O) groups is 3. The Morgan fingerprint density at radius 3 is 2.00 bits per heavy atom. The van der Waals surface area contributed by atoms with Crippen LogP contribution in [0.25, 0.3) is 0 Å². The maximum Gasteiger partial charge on any atom is 0.335 e. The number of aliphatic carboxylic acids is 2. The van der Waals surface area contributed by atoms with E-state index in [0.29, 0.717) is 5.56 Å². The SMILES string of the molecule is O=C(O)Cc1ccc(CC(=O)O)c(C(=O)O)c1. The number of carboxylic acids is 3. The third-order valence-electron chi connectivity index (χ3n) is 2.10. The van der Waals surface area contributed by atoms with Gasteiger partial charge in [0, 0.05) is 0 Å². The smallest absolute Gasteiger partial charge is 0.335 e. The van der Waals surface area contributed by atoms with Gasteiger partial charge in [-0.2, -0.15) is 0 Å². The van der Waals surface area contributed by atoms with Gasteiger partial charge >= 0.3 is 17.9 Å². The standard InChI is InChI=1S/C11H10O6/c12-9(13)4-6-1-2-7(5-10(14)15)8(3-6)11(16)17/h1-3H,4-5H2,(H,12,13)(H,14,15)(H,16,17). The van der Waals surface area contributed by atoms with E-state index in [-0.39, 0.29) is 17.5 Å². The minimum atomic E-state index is -1.27. The quantitative estimate of drug-likeness (QED) is 0.693. The first-order valence-corrected chi connectivity index (χ1v) is 4.69. The van der Waals surface area contributed by atoms with E-state index in [1.807, 2.05) is 0 Å². The third-order valence-corrected chi connectivity index (χ3v) is 2.10. The van der Waals surface area contributed by atoms with Gasteiger partial charge in [-0.25, -0.2) is 4.79 Å². The fraction of sp³-hybridized carbons (Fsp3) is 0.182. The van der Waals surface area contributed by atoms with Gasteiger partial charge in [0.25, 0.3) is 0 Å². The lowest BCUT2D eigenvalue weighted by molar-refractivity contribution is -0.137. The van der Waals surface area contributed by atoms with Crippen molar-refractivity contribution in [1.82, 2.24) is 0 Å². The number of hydrogen-bond acceptors (Lipinski definition) is 3. The minimum Gasteiger partial charge on any atom is -0.481 e. The van der Waals surface area contributed by atoms with E-state index >= 15 is 0 Å². The van der Waals surface area contributed by atoms with E-state index in [4.69, 9.17) is 15.3 Å². The van der Waals surface area contributed by atoms with E-state index in [2.05, 4.69) is 0 Å². The van der Waals surface area contributed by atoms with Gasteiger partial charge in [0.2, 0.25) is 0 Å². The highest BCUT2D eigenvalue weighted by molar-refractivity contribution is 5.91. The number of aromatic carboxylic acids is 1. The first kappa shape index (κ1) is 12.7. The molecule has 0 unspecified atom stereocenters. The molecular weight excluding hydrogens is 228 g/mol. The predicted molar refractivity (Wildman–Crippen MR) is 56.1 cm³/mol. The van der Waals surface area contributed by atoms with Gasteiger partial charge < -0.3 is 15.3 Å². The third kappa shape index (κ3) is 3.60. The van der Waals surface area contributed by atoms with Crippen LogP contribution in [0, 0.1) is 0 Å². The Hall–Kier alpha value is -2.37. The number of hydrogen-bond donors (Lipinski definition) is 3. The van der Waals surface area contributed by atoms with Crippen molar-refractivity contribution < 1.29 is 29.7 Å². The fourth-order valence-electron chi connectivity index (χ4n) is 1.42. The summed E-state index contributed by atoms with van der Waals surface area (Å²) < 4.78 is 0. The van der Waals surface area contributed by atoms with Gasteiger partial charge in [0.1, 0.15) is 0 Å². The van der Waals surface area contributed by atoms with Gasteiger partial charge in [0.05, 0.1) is 18.4 Å². The fourth-order valence-corrected chi connectivity index (χ4v) is 1.42. The average molecular weight is 238 g/mol. The molecule has 0 atom stereocenters. The van der Waals surface area contributed by atoms with Gasteiger partial charge in [0.15, 0.2) is 0 Å². The molecule has 1 aromatic carbocycles. The van der Waals surface area contributed by atoms with E-state index in [9.17, 15) is 14.4 Å². The van der Waals surface area contributed by atoms with Crippen LogP contribution in [0.15, 0.2) is 18.2 Å². The summed E-state index contributed by atoms with van der Waals surface area (Å²) in [6.07, 6.45) is -0.706. The molecule has 0 aromatic heterocycles. The highest BCUT2D eigenvalue weighted by Crippen LogP contribution is 2.14. The van der Waals surface area contributed by atoms with Gasteiger partial charge in [-0.05, 0) is 17.2 Å². The molecule has 0 aliphatic carbocycles. The maximum atomic E-state index is 10.9. The first-order chi connectivity index (χ1) is 7.90. The second kappa shape index (κ2) is 5.11. The average Bonchev–Trinajstić information content (AvgIpc) is 2.18. The Kier molecular flexibility index (Phi) is 3.82. The molecule has 0 saturated heterocycles. The number of benzene rings is 1. The topological polar surface area (TPSA) is 112 Å². The van der Waals surface area contributed by atoms with E-state index in [0.717, 1.165) is 0 Å². The molecule has 1 rings (SSSR count). The molecule has 17 heavy (non-hydrogen) atoms. The van der Waals surface area contributed by atoms with Gasteiger partial charge in [-0.15, -0.1) is 0 Å². The van der Waals surface area contributed by atoms with E-state index in [1.165, 1.54) is 18.2 Å². The Labute approximate surface area is 96.1 Å². The second-order valence-electron chi connectivity index (χ2n) is 3.44. The van der Waals surface area contributed by atoms with Crippen molar-refractivity contribution in [2.24, 2.45) is 0 Å². The largest absolute Gasteiger partial charge is 0.481 e. The molecule has 0 radical (unpaired) electrons. The monoisotopic (exact) mass is 238 g/mol. The van der Waals surface area contributed by atoms with Crippen molar-refractivity contribution in [3.63, 3.8) is 0 Å². The molecule has 90 valence electrons. The summed E-state index contributed by atoms with van der Waals surface area (Å²) in [7, 11) is 0. The summed E-state index contributed by atoms with van der Waals surface area (Å²) in [6, 6.07) is 3.93. The second-order valence-corrected chi connectivity index (χ2v) is 3.44. The molecule has 0 spiro atoms. The van der Waals surface area contributed by atoms with Crippen molar-refractivity contribution in [2.45, 2.75) is 12.8 Å². The molecule has 0 fully saturated rings. The molecule has 0 aliphatic rings. The predicted octanol–water partition coefficient (Wildman–Crippen LogP) is 0.639. The van der Waals surface area contributed by atoms with Crippen LogP contribution in [0.4, 0.5) is 0 Å². The van der Waals surface area contributed by atoms with Crippen LogP contribution in [0.1, 0.15) is 21.5 Å². The lowest BCUT2D eigenvalue weighted by Gasteiger charge is -2.05. The number of carboxylic acid groups (broad SMARTS) is 3. The van der Waals surface area contributed by atoms with Crippen LogP contribution in [-0.2, 0) is 22.4 Å². The summed E-state index contributed by atoms with van der Waals surface area (Å²) in [5.41, 5.74) is 0.300. The molecule has 6 nitrogen and oxygen atoms in total. The zero-order valence-corrected chi connectivity index (χ0v) is 8.71. The Morgan fingerprint density at radius 1 is 0.941 bits per heavy atom. The van der Waals surface area contributed by atoms with Crippen LogP contribution in [0.5, 0.6) is 0 Å². The van der Waals surface area contributed by atoms with Crippen LogP contribution >= 0.6 is 0 Å². The van der Waals surface area contributed by atoms with E-state index in [1.54, 1.807) is 0 Å². The molecule has 6 heteroatoms. The van der Waals surface area contributed by atoms with Crippen molar-refractivity contribution in [3.8, 4) is 0 Å². The lowest BCUT2D eigenvalue weighted by atomic mass is 10.00. The number of rotatable bonds is 5. The first-order valence-electron chi connectivity index (χ1n) is 4.69. The van der Waals surface area contributed by atoms with Gasteiger partial charge in [-0.3, -0.25) is 9.59 Å². The highest BCUT2D eigenvalue weighted by Gasteiger charge is 2.14. The molecular formula is C11H10O6. The molecule has 0 bridgehead atoms. The van der Waals surface area contributed by atoms with Crippen LogP contribution in [0.2, 0.25) is 0 Å². The van der Waals surface area contributed by atoms with Gasteiger partial charge in [-0.1, -0.05) is 12.1 Å². The Balaban J connectivity index is 3.12. The zero-order valence-electron chi connectivity index (χ0n) is 8.71. The Morgan fingerprint density at radius 2 is 1.53 bits per heavy atom. The highest BCUT2D eigenvalue weighted by atomic mass is 16.4. The molecule has 0 heterocycles.